The highest BCUT2D eigenvalue weighted by Gasteiger charge is 2.18. The summed E-state index contributed by atoms with van der Waals surface area (Å²) in [5, 5.41) is 0. The number of ether oxygens (including phenoxy) is 2. The summed E-state index contributed by atoms with van der Waals surface area (Å²) in [5.74, 6) is 1.98. The van der Waals surface area contributed by atoms with Crippen LogP contribution in [0.1, 0.15) is 11.1 Å². The first-order valence-corrected chi connectivity index (χ1v) is 15.0. The van der Waals surface area contributed by atoms with Crippen LogP contribution in [0.15, 0.2) is 141 Å². The summed E-state index contributed by atoms with van der Waals surface area (Å²) in [6.07, 6.45) is 0. The lowest BCUT2D eigenvalue weighted by atomic mass is 10.1. The number of para-hydroxylation sites is 2. The second-order valence-corrected chi connectivity index (χ2v) is 12.1. The molecule has 0 amide bonds. The van der Waals surface area contributed by atoms with Crippen molar-refractivity contribution >= 4 is 34.9 Å². The van der Waals surface area contributed by atoms with E-state index in [0.29, 0.717) is 13.5 Å². The lowest BCUT2D eigenvalue weighted by Crippen LogP contribution is -2.31. The molecule has 0 atom stereocenters. The number of hydrogen-bond donors (Lipinski definition) is 0. The van der Waals surface area contributed by atoms with Gasteiger partial charge in [0.1, 0.15) is 11.5 Å². The Labute approximate surface area is 243 Å². The van der Waals surface area contributed by atoms with E-state index in [-0.39, 0.29) is 0 Å². The molecular weight excluding hydrogens is 533 g/mol. The third-order valence-corrected chi connectivity index (χ3v) is 9.15. The number of rotatable bonds is 6. The molecule has 0 N–H and O–H groups in total. The fraction of sp³-hybridized carbons (Fsp3) is 0.118. The average molecular weight is 561 g/mol. The zero-order valence-electron chi connectivity index (χ0n) is 21.9. The van der Waals surface area contributed by atoms with Gasteiger partial charge in [-0.25, -0.2) is 0 Å². The maximum atomic E-state index is 5.93. The third-order valence-electron chi connectivity index (χ3n) is 7.12. The Morgan fingerprint density at radius 3 is 1.18 bits per heavy atom. The molecule has 0 aliphatic carbocycles. The van der Waals surface area contributed by atoms with Crippen molar-refractivity contribution in [2.75, 3.05) is 23.3 Å². The van der Waals surface area contributed by atoms with Crippen LogP contribution in [-0.2, 0) is 13.1 Å². The highest BCUT2D eigenvalue weighted by Crippen LogP contribution is 2.35. The van der Waals surface area contributed by atoms with Gasteiger partial charge in [0.15, 0.2) is 13.5 Å². The molecule has 2 aliphatic rings. The molecule has 2 heterocycles. The maximum absolute atomic E-state index is 5.93. The molecule has 40 heavy (non-hydrogen) atoms. The van der Waals surface area contributed by atoms with Crippen molar-refractivity contribution in [3.05, 3.63) is 132 Å². The van der Waals surface area contributed by atoms with Crippen LogP contribution in [0.4, 0.5) is 11.4 Å². The van der Waals surface area contributed by atoms with Crippen LogP contribution in [0.5, 0.6) is 11.5 Å². The molecule has 7 rings (SSSR count). The van der Waals surface area contributed by atoms with Crippen molar-refractivity contribution in [3.63, 3.8) is 0 Å². The third kappa shape index (κ3) is 5.51. The SMILES string of the molecule is c1ccc2c(c1)CN(c1ccc(Sc3ccc(Sc4ccc(N5COc6ccccc6C5)cc4)cc3)cc1)CO2. The van der Waals surface area contributed by atoms with E-state index in [0.717, 1.165) is 24.6 Å². The highest BCUT2D eigenvalue weighted by molar-refractivity contribution is 7.99. The van der Waals surface area contributed by atoms with Crippen LogP contribution < -0.4 is 19.3 Å². The molecule has 198 valence electrons. The van der Waals surface area contributed by atoms with Crippen molar-refractivity contribution in [3.8, 4) is 11.5 Å². The van der Waals surface area contributed by atoms with Crippen molar-refractivity contribution in [2.45, 2.75) is 32.7 Å². The zero-order chi connectivity index (χ0) is 26.7. The second kappa shape index (κ2) is 11.2. The van der Waals surface area contributed by atoms with E-state index >= 15 is 0 Å². The normalized spacial score (nSPS) is 14.1. The van der Waals surface area contributed by atoms with Crippen LogP contribution in [0.2, 0.25) is 0 Å². The number of nitrogens with zero attached hydrogens (tertiary/aromatic N) is 2. The predicted octanol–water partition coefficient (Wildman–Crippen LogP) is 8.70. The molecule has 0 unspecified atom stereocenters. The standard InChI is InChI=1S/C34H28N2O2S2/c1-3-7-33-25(5-1)21-35(23-37-33)27-9-13-29(14-10-27)39-31-17-19-32(20-18-31)40-30-15-11-28(12-16-30)36-22-26-6-2-4-8-34(26)38-24-36/h1-20H,21-24H2. The topological polar surface area (TPSA) is 24.9 Å². The molecule has 0 saturated heterocycles. The minimum Gasteiger partial charge on any atom is -0.473 e. The van der Waals surface area contributed by atoms with E-state index in [1.54, 1.807) is 23.5 Å². The molecule has 5 aromatic carbocycles. The fourth-order valence-electron chi connectivity index (χ4n) is 4.98. The molecule has 4 nitrogen and oxygen atoms in total. The summed E-state index contributed by atoms with van der Waals surface area (Å²) >= 11 is 3.57. The fourth-order valence-corrected chi connectivity index (χ4v) is 6.61. The van der Waals surface area contributed by atoms with Crippen molar-refractivity contribution in [2.24, 2.45) is 0 Å². The van der Waals surface area contributed by atoms with Gasteiger partial charge in [-0.05, 0) is 84.9 Å². The Morgan fingerprint density at radius 2 is 0.775 bits per heavy atom. The first kappa shape index (κ1) is 25.0. The summed E-state index contributed by atoms with van der Waals surface area (Å²) in [7, 11) is 0. The smallest absolute Gasteiger partial charge is 0.161 e. The van der Waals surface area contributed by atoms with E-state index in [2.05, 4.69) is 107 Å². The number of anilines is 2. The summed E-state index contributed by atoms with van der Waals surface area (Å²) in [4.78, 5) is 9.43. The van der Waals surface area contributed by atoms with E-state index in [1.807, 2.05) is 24.3 Å². The molecule has 0 radical (unpaired) electrons. The molecular formula is C34H28N2O2S2. The summed E-state index contributed by atoms with van der Waals surface area (Å²) < 4.78 is 11.9. The zero-order valence-corrected chi connectivity index (χ0v) is 23.5. The Morgan fingerprint density at radius 1 is 0.425 bits per heavy atom. The Hall–Kier alpha value is -4.00. The molecule has 0 aromatic heterocycles. The highest BCUT2D eigenvalue weighted by atomic mass is 32.2. The van der Waals surface area contributed by atoms with Crippen LogP contribution >= 0.6 is 23.5 Å². The van der Waals surface area contributed by atoms with Crippen LogP contribution in [0.3, 0.4) is 0 Å². The van der Waals surface area contributed by atoms with E-state index in [4.69, 9.17) is 9.47 Å². The Kier molecular flexibility index (Phi) is 7.02. The largest absolute Gasteiger partial charge is 0.473 e. The first-order chi connectivity index (χ1) is 19.8. The lowest BCUT2D eigenvalue weighted by molar-refractivity contribution is 0.289. The Balaban J connectivity index is 0.944. The minimum atomic E-state index is 0.576. The average Bonchev–Trinajstić information content (AvgIpc) is 3.02. The van der Waals surface area contributed by atoms with Gasteiger partial charge in [0, 0.05) is 55.2 Å². The first-order valence-electron chi connectivity index (χ1n) is 13.3. The molecule has 0 bridgehead atoms. The van der Waals surface area contributed by atoms with Crippen molar-refractivity contribution in [1.29, 1.82) is 0 Å². The van der Waals surface area contributed by atoms with Crippen LogP contribution in [0.25, 0.3) is 0 Å². The maximum Gasteiger partial charge on any atom is 0.161 e. The molecule has 0 saturated carbocycles. The summed E-state index contributed by atoms with van der Waals surface area (Å²) in [5.41, 5.74) is 4.80. The number of benzene rings is 5. The van der Waals surface area contributed by atoms with Crippen LogP contribution in [-0.4, -0.2) is 13.5 Å². The van der Waals surface area contributed by atoms with E-state index in [9.17, 15) is 0 Å². The van der Waals surface area contributed by atoms with Gasteiger partial charge in [0.25, 0.3) is 0 Å². The second-order valence-electron chi connectivity index (χ2n) is 9.82. The van der Waals surface area contributed by atoms with E-state index < -0.39 is 0 Å². The predicted molar refractivity (Wildman–Crippen MR) is 164 cm³/mol. The molecule has 6 heteroatoms. The molecule has 0 spiro atoms. The molecule has 5 aromatic rings. The number of fused-ring (bicyclic) bond motifs is 2. The molecule has 0 fully saturated rings. The lowest BCUT2D eigenvalue weighted by Gasteiger charge is -2.30. The van der Waals surface area contributed by atoms with Gasteiger partial charge >= 0.3 is 0 Å². The quantitative estimate of drug-likeness (QED) is 0.206. The number of hydrogen-bond acceptors (Lipinski definition) is 6. The van der Waals surface area contributed by atoms with Gasteiger partial charge < -0.3 is 19.3 Å². The van der Waals surface area contributed by atoms with E-state index in [1.165, 1.54) is 42.1 Å². The van der Waals surface area contributed by atoms with Gasteiger partial charge in [-0.2, -0.15) is 0 Å². The van der Waals surface area contributed by atoms with Crippen molar-refractivity contribution < 1.29 is 9.47 Å². The van der Waals surface area contributed by atoms with Gasteiger partial charge in [-0.3, -0.25) is 0 Å². The minimum absolute atomic E-state index is 0.576. The van der Waals surface area contributed by atoms with Gasteiger partial charge in [-0.15, -0.1) is 0 Å². The Bertz CT molecular complexity index is 1480. The van der Waals surface area contributed by atoms with Gasteiger partial charge in [-0.1, -0.05) is 59.9 Å². The van der Waals surface area contributed by atoms with Gasteiger partial charge in [0.2, 0.25) is 0 Å². The van der Waals surface area contributed by atoms with Crippen LogP contribution in [0, 0.1) is 0 Å². The summed E-state index contributed by atoms with van der Waals surface area (Å²) in [6, 6.07) is 42.8. The summed E-state index contributed by atoms with van der Waals surface area (Å²) in [6.45, 7) is 2.89. The molecule has 2 aliphatic heterocycles. The van der Waals surface area contributed by atoms with Gasteiger partial charge in [0.05, 0.1) is 0 Å². The monoisotopic (exact) mass is 560 g/mol. The van der Waals surface area contributed by atoms with Crippen molar-refractivity contribution in [1.82, 2.24) is 0 Å².